The van der Waals surface area contributed by atoms with Crippen LogP contribution in [-0.4, -0.2) is 28.0 Å². The molecular formula is C15H23NO3S. The molecule has 1 aromatic carbocycles. The van der Waals surface area contributed by atoms with Gasteiger partial charge in [-0.25, -0.2) is 0 Å². The van der Waals surface area contributed by atoms with Crippen molar-refractivity contribution in [2.24, 2.45) is 0 Å². The number of hydrogen-bond donors (Lipinski definition) is 1. The highest BCUT2D eigenvalue weighted by Crippen LogP contribution is 2.15. The minimum Gasteiger partial charge on any atom is -0.497 e. The molecule has 0 spiro atoms. The molecule has 2 atom stereocenters. The van der Waals surface area contributed by atoms with E-state index in [1.165, 1.54) is 0 Å². The van der Waals surface area contributed by atoms with Crippen molar-refractivity contribution in [1.82, 2.24) is 5.32 Å². The maximum absolute atomic E-state index is 12.2. The zero-order chi connectivity index (χ0) is 15.3. The van der Waals surface area contributed by atoms with E-state index < -0.39 is 16.0 Å². The lowest BCUT2D eigenvalue weighted by atomic mass is 10.1. The van der Waals surface area contributed by atoms with Gasteiger partial charge in [-0.05, 0) is 45.4 Å². The fraction of sp³-hybridized carbons (Fsp3) is 0.533. The number of carbonyl (C=O) groups is 1. The van der Waals surface area contributed by atoms with Crippen molar-refractivity contribution in [2.45, 2.75) is 44.2 Å². The molecule has 4 nitrogen and oxygen atoms in total. The van der Waals surface area contributed by atoms with E-state index in [1.54, 1.807) is 14.0 Å². The fourth-order valence-corrected chi connectivity index (χ4v) is 2.70. The van der Waals surface area contributed by atoms with Gasteiger partial charge in [0.1, 0.15) is 11.0 Å². The normalized spacial score (nSPS) is 14.4. The van der Waals surface area contributed by atoms with Crippen LogP contribution in [0.2, 0.25) is 0 Å². The van der Waals surface area contributed by atoms with E-state index in [1.807, 2.05) is 45.0 Å². The number of ether oxygens (including phenoxy) is 1. The molecule has 0 saturated carbocycles. The van der Waals surface area contributed by atoms with Crippen LogP contribution in [-0.2, 0) is 21.3 Å². The molecule has 0 fully saturated rings. The van der Waals surface area contributed by atoms with Gasteiger partial charge in [-0.15, -0.1) is 0 Å². The molecule has 0 heterocycles. The summed E-state index contributed by atoms with van der Waals surface area (Å²) in [5, 5.41) is 2.31. The van der Waals surface area contributed by atoms with Crippen LogP contribution in [0.15, 0.2) is 24.3 Å². The molecule has 1 amide bonds. The summed E-state index contributed by atoms with van der Waals surface area (Å²) in [6, 6.07) is 7.41. The summed E-state index contributed by atoms with van der Waals surface area (Å²) in [4.78, 5) is 12.0. The number of methoxy groups -OCH3 is 1. The number of nitrogens with one attached hydrogen (secondary N) is 1. The Morgan fingerprint density at radius 3 is 2.60 bits per heavy atom. The highest BCUT2D eigenvalue weighted by Gasteiger charge is 2.23. The van der Waals surface area contributed by atoms with Crippen molar-refractivity contribution in [1.29, 1.82) is 0 Å². The van der Waals surface area contributed by atoms with Crippen molar-refractivity contribution in [2.75, 3.05) is 7.11 Å². The van der Waals surface area contributed by atoms with E-state index in [0.717, 1.165) is 11.3 Å². The first-order chi connectivity index (χ1) is 9.23. The van der Waals surface area contributed by atoms with Crippen molar-refractivity contribution in [3.05, 3.63) is 29.8 Å². The molecule has 1 N–H and O–H groups in total. The second-order valence-corrected chi connectivity index (χ2v) is 7.52. The zero-order valence-corrected chi connectivity index (χ0v) is 13.5. The Kier molecular flexibility index (Phi) is 5.74. The van der Waals surface area contributed by atoms with E-state index >= 15 is 0 Å². The average molecular weight is 297 g/mol. The van der Waals surface area contributed by atoms with Gasteiger partial charge in [-0.1, -0.05) is 12.1 Å². The Morgan fingerprint density at radius 1 is 1.40 bits per heavy atom. The monoisotopic (exact) mass is 297 g/mol. The molecule has 1 rings (SSSR count). The van der Waals surface area contributed by atoms with Gasteiger partial charge in [0.25, 0.3) is 0 Å². The highest BCUT2D eigenvalue weighted by atomic mass is 32.2. The summed E-state index contributed by atoms with van der Waals surface area (Å²) in [7, 11) is 0.334. The number of hydrogen-bond acceptors (Lipinski definition) is 3. The number of benzene rings is 1. The van der Waals surface area contributed by atoms with Gasteiger partial charge >= 0.3 is 0 Å². The average Bonchev–Trinajstić information content (AvgIpc) is 2.36. The molecule has 1 aromatic rings. The molecule has 0 bridgehead atoms. The minimum absolute atomic E-state index is 0.182. The van der Waals surface area contributed by atoms with Gasteiger partial charge in [-0.3, -0.25) is 9.00 Å². The van der Waals surface area contributed by atoms with Gasteiger partial charge in [0.2, 0.25) is 5.91 Å². The third-order valence-corrected chi connectivity index (χ3v) is 4.33. The Bertz CT molecular complexity index is 494. The quantitative estimate of drug-likeness (QED) is 0.907. The maximum Gasteiger partial charge on any atom is 0.235 e. The first kappa shape index (κ1) is 16.7. The zero-order valence-electron chi connectivity index (χ0n) is 12.7. The summed E-state index contributed by atoms with van der Waals surface area (Å²) in [6.07, 6.45) is 0. The Balaban J connectivity index is 2.68. The van der Waals surface area contributed by atoms with E-state index in [9.17, 15) is 9.00 Å². The summed E-state index contributed by atoms with van der Waals surface area (Å²) >= 11 is 0. The van der Waals surface area contributed by atoms with Crippen molar-refractivity contribution in [3.8, 4) is 5.75 Å². The summed E-state index contributed by atoms with van der Waals surface area (Å²) in [5.74, 6) is 0.890. The lowest BCUT2D eigenvalue weighted by Gasteiger charge is -2.23. The number of rotatable bonds is 5. The van der Waals surface area contributed by atoms with Crippen molar-refractivity contribution < 1.29 is 13.7 Å². The van der Waals surface area contributed by atoms with Crippen LogP contribution in [0.5, 0.6) is 5.75 Å². The summed E-state index contributed by atoms with van der Waals surface area (Å²) < 4.78 is 17.4. The molecule has 20 heavy (non-hydrogen) atoms. The van der Waals surface area contributed by atoms with E-state index in [-0.39, 0.29) is 11.4 Å². The first-order valence-corrected chi connectivity index (χ1v) is 7.93. The lowest BCUT2D eigenvalue weighted by molar-refractivity contribution is -0.121. The van der Waals surface area contributed by atoms with E-state index in [4.69, 9.17) is 4.74 Å². The maximum atomic E-state index is 12.2. The molecule has 0 radical (unpaired) electrons. The minimum atomic E-state index is -1.26. The molecule has 0 aromatic heterocycles. The molecule has 0 aliphatic rings. The summed E-state index contributed by atoms with van der Waals surface area (Å²) in [5.41, 5.74) is 0.587. The smallest absolute Gasteiger partial charge is 0.235 e. The first-order valence-electron chi connectivity index (χ1n) is 6.55. The Labute approximate surface area is 123 Å². The van der Waals surface area contributed by atoms with Crippen LogP contribution in [0.25, 0.3) is 0 Å². The van der Waals surface area contributed by atoms with E-state index in [0.29, 0.717) is 5.75 Å². The number of amides is 1. The van der Waals surface area contributed by atoms with Gasteiger partial charge in [0.05, 0.1) is 7.11 Å². The molecule has 0 aliphatic carbocycles. The number of carbonyl (C=O) groups excluding carboxylic acids is 1. The molecular weight excluding hydrogens is 274 g/mol. The standard InChI is InChI=1S/C15H23NO3S/c1-11(14(17)16-15(2,3)4)20(18)10-12-7-6-8-13(9-12)19-5/h6-9,11H,10H2,1-5H3,(H,16,17)/t11-,20-/m0/s1. The SMILES string of the molecule is COc1cccc(C[S@](=O)[C@@H](C)C(=O)NC(C)(C)C)c1. The molecule has 0 saturated heterocycles. The van der Waals surface area contributed by atoms with Crippen LogP contribution >= 0.6 is 0 Å². The van der Waals surface area contributed by atoms with Crippen molar-refractivity contribution >= 4 is 16.7 Å². The Morgan fingerprint density at radius 2 is 2.05 bits per heavy atom. The van der Waals surface area contributed by atoms with Crippen molar-refractivity contribution in [3.63, 3.8) is 0 Å². The van der Waals surface area contributed by atoms with Gasteiger partial charge in [-0.2, -0.15) is 0 Å². The van der Waals surface area contributed by atoms with Gasteiger partial charge in [0, 0.05) is 22.1 Å². The van der Waals surface area contributed by atoms with E-state index in [2.05, 4.69) is 5.32 Å². The second kappa shape index (κ2) is 6.88. The van der Waals surface area contributed by atoms with Crippen LogP contribution in [0.3, 0.4) is 0 Å². The highest BCUT2D eigenvalue weighted by molar-refractivity contribution is 7.85. The fourth-order valence-electron chi connectivity index (χ4n) is 1.64. The third-order valence-electron chi connectivity index (χ3n) is 2.70. The predicted octanol–water partition coefficient (Wildman–Crippen LogP) is 2.25. The van der Waals surface area contributed by atoms with Crippen LogP contribution < -0.4 is 10.1 Å². The van der Waals surface area contributed by atoms with Crippen LogP contribution in [0, 0.1) is 0 Å². The molecule has 5 heteroatoms. The third kappa shape index (κ3) is 5.33. The molecule has 112 valence electrons. The second-order valence-electron chi connectivity index (χ2n) is 5.76. The van der Waals surface area contributed by atoms with Crippen LogP contribution in [0.1, 0.15) is 33.3 Å². The lowest BCUT2D eigenvalue weighted by Crippen LogP contribution is -2.46. The predicted molar refractivity (Wildman–Crippen MR) is 82.2 cm³/mol. The van der Waals surface area contributed by atoms with Gasteiger partial charge in [0.15, 0.2) is 0 Å². The summed E-state index contributed by atoms with van der Waals surface area (Å²) in [6.45, 7) is 7.41. The molecule has 0 unspecified atom stereocenters. The molecule has 0 aliphatic heterocycles. The van der Waals surface area contributed by atoms with Crippen LogP contribution in [0.4, 0.5) is 0 Å². The topological polar surface area (TPSA) is 55.4 Å². The van der Waals surface area contributed by atoms with Gasteiger partial charge < -0.3 is 10.1 Å². The largest absolute Gasteiger partial charge is 0.497 e. The Hall–Kier alpha value is -1.36.